The molecule has 1 N–H and O–H groups in total. The standard InChI is InChI=1S/C15H24N2O/c16-12-15(10-4-1-5-11-15)17-14(18)9-8-13-6-2-3-7-13/h13H,1-11H2,(H,17,18). The highest BCUT2D eigenvalue weighted by Gasteiger charge is 2.33. The van der Waals surface area contributed by atoms with Gasteiger partial charge in [-0.3, -0.25) is 4.79 Å². The van der Waals surface area contributed by atoms with Gasteiger partial charge in [-0.1, -0.05) is 44.9 Å². The van der Waals surface area contributed by atoms with Crippen LogP contribution in [0.25, 0.3) is 0 Å². The average molecular weight is 248 g/mol. The van der Waals surface area contributed by atoms with Gasteiger partial charge in [0.2, 0.25) is 5.91 Å². The van der Waals surface area contributed by atoms with Crippen LogP contribution in [0.1, 0.15) is 70.6 Å². The van der Waals surface area contributed by atoms with Crippen LogP contribution in [0, 0.1) is 17.2 Å². The molecule has 0 radical (unpaired) electrons. The quantitative estimate of drug-likeness (QED) is 0.830. The van der Waals surface area contributed by atoms with Crippen molar-refractivity contribution in [1.29, 1.82) is 5.26 Å². The van der Waals surface area contributed by atoms with Crippen molar-refractivity contribution >= 4 is 5.91 Å². The van der Waals surface area contributed by atoms with Crippen molar-refractivity contribution in [2.75, 3.05) is 0 Å². The van der Waals surface area contributed by atoms with Crippen molar-refractivity contribution in [1.82, 2.24) is 5.32 Å². The first-order valence-corrected chi connectivity index (χ1v) is 7.46. The van der Waals surface area contributed by atoms with Crippen LogP contribution < -0.4 is 5.32 Å². The van der Waals surface area contributed by atoms with Gasteiger partial charge in [0.05, 0.1) is 6.07 Å². The minimum Gasteiger partial charge on any atom is -0.338 e. The number of nitrogens with one attached hydrogen (secondary N) is 1. The highest BCUT2D eigenvalue weighted by atomic mass is 16.1. The maximum atomic E-state index is 12.0. The number of hydrogen-bond donors (Lipinski definition) is 1. The number of carbonyl (C=O) groups is 1. The molecule has 0 unspecified atom stereocenters. The molecule has 18 heavy (non-hydrogen) atoms. The molecule has 1 amide bonds. The second-order valence-corrected chi connectivity index (χ2v) is 5.99. The van der Waals surface area contributed by atoms with Gasteiger partial charge < -0.3 is 5.32 Å². The zero-order valence-electron chi connectivity index (χ0n) is 11.2. The Labute approximate surface area is 110 Å². The number of amides is 1. The van der Waals surface area contributed by atoms with Gasteiger partial charge in [0.1, 0.15) is 5.54 Å². The largest absolute Gasteiger partial charge is 0.338 e. The maximum absolute atomic E-state index is 12.0. The van der Waals surface area contributed by atoms with E-state index >= 15 is 0 Å². The van der Waals surface area contributed by atoms with E-state index in [1.165, 1.54) is 32.1 Å². The lowest BCUT2D eigenvalue weighted by molar-refractivity contribution is -0.123. The Bertz CT molecular complexity index is 320. The molecule has 3 nitrogen and oxygen atoms in total. The van der Waals surface area contributed by atoms with Crippen LogP contribution in [0.3, 0.4) is 0 Å². The minimum absolute atomic E-state index is 0.0883. The lowest BCUT2D eigenvalue weighted by Crippen LogP contribution is -2.48. The fraction of sp³-hybridized carbons (Fsp3) is 0.867. The Balaban J connectivity index is 1.76. The minimum atomic E-state index is -0.551. The highest BCUT2D eigenvalue weighted by molar-refractivity contribution is 5.77. The van der Waals surface area contributed by atoms with Crippen molar-refractivity contribution in [2.24, 2.45) is 5.92 Å². The number of rotatable bonds is 4. The number of nitriles is 1. The van der Waals surface area contributed by atoms with Crippen molar-refractivity contribution < 1.29 is 4.79 Å². The monoisotopic (exact) mass is 248 g/mol. The maximum Gasteiger partial charge on any atom is 0.221 e. The molecule has 0 atom stereocenters. The predicted molar refractivity (Wildman–Crippen MR) is 70.8 cm³/mol. The molecular formula is C15H24N2O. The fourth-order valence-electron chi connectivity index (χ4n) is 3.38. The molecule has 0 bridgehead atoms. The third-order valence-electron chi connectivity index (χ3n) is 4.55. The molecule has 0 aromatic rings. The van der Waals surface area contributed by atoms with Gasteiger partial charge in [0.15, 0.2) is 0 Å². The summed E-state index contributed by atoms with van der Waals surface area (Å²) >= 11 is 0. The first-order chi connectivity index (χ1) is 8.74. The van der Waals surface area contributed by atoms with Crippen LogP contribution in [-0.2, 0) is 4.79 Å². The molecule has 0 aromatic heterocycles. The summed E-state index contributed by atoms with van der Waals surface area (Å²) in [6.45, 7) is 0. The van der Waals surface area contributed by atoms with Crippen LogP contribution in [0.4, 0.5) is 0 Å². The van der Waals surface area contributed by atoms with Gasteiger partial charge in [-0.25, -0.2) is 0 Å². The summed E-state index contributed by atoms with van der Waals surface area (Å²) in [5, 5.41) is 12.3. The Morgan fingerprint density at radius 1 is 1.17 bits per heavy atom. The van der Waals surface area contributed by atoms with Gasteiger partial charge in [0.25, 0.3) is 0 Å². The smallest absolute Gasteiger partial charge is 0.221 e. The molecule has 2 saturated carbocycles. The molecule has 2 rings (SSSR count). The summed E-state index contributed by atoms with van der Waals surface area (Å²) < 4.78 is 0. The summed E-state index contributed by atoms with van der Waals surface area (Å²) in [5.74, 6) is 0.838. The molecule has 0 heterocycles. The fourth-order valence-corrected chi connectivity index (χ4v) is 3.38. The van der Waals surface area contributed by atoms with Crippen LogP contribution in [0.5, 0.6) is 0 Å². The van der Waals surface area contributed by atoms with Crippen LogP contribution in [0.2, 0.25) is 0 Å². The first kappa shape index (κ1) is 13.4. The molecular weight excluding hydrogens is 224 g/mol. The molecule has 0 aliphatic heterocycles. The third-order valence-corrected chi connectivity index (χ3v) is 4.55. The van der Waals surface area contributed by atoms with Gasteiger partial charge in [-0.2, -0.15) is 5.26 Å². The van der Waals surface area contributed by atoms with Gasteiger partial charge in [0, 0.05) is 6.42 Å². The topological polar surface area (TPSA) is 52.9 Å². The molecule has 3 heteroatoms. The normalized spacial score (nSPS) is 23.5. The van der Waals surface area contributed by atoms with E-state index in [4.69, 9.17) is 0 Å². The van der Waals surface area contributed by atoms with Crippen molar-refractivity contribution in [2.45, 2.75) is 76.2 Å². The van der Waals surface area contributed by atoms with E-state index in [0.29, 0.717) is 6.42 Å². The van der Waals surface area contributed by atoms with Crippen LogP contribution >= 0.6 is 0 Å². The number of hydrogen-bond acceptors (Lipinski definition) is 2. The van der Waals surface area contributed by atoms with Crippen LogP contribution in [0.15, 0.2) is 0 Å². The van der Waals surface area contributed by atoms with Gasteiger partial charge in [-0.05, 0) is 25.2 Å². The van der Waals surface area contributed by atoms with E-state index < -0.39 is 5.54 Å². The summed E-state index contributed by atoms with van der Waals surface area (Å²) in [7, 11) is 0. The zero-order chi connectivity index (χ0) is 12.8. The van der Waals surface area contributed by atoms with E-state index in [-0.39, 0.29) is 5.91 Å². The van der Waals surface area contributed by atoms with E-state index in [9.17, 15) is 10.1 Å². The molecule has 2 aliphatic carbocycles. The third kappa shape index (κ3) is 3.48. The van der Waals surface area contributed by atoms with Crippen molar-refractivity contribution in [3.05, 3.63) is 0 Å². The zero-order valence-corrected chi connectivity index (χ0v) is 11.2. The highest BCUT2D eigenvalue weighted by Crippen LogP contribution is 2.30. The summed E-state index contributed by atoms with van der Waals surface area (Å²) in [4.78, 5) is 12.0. The van der Waals surface area contributed by atoms with Gasteiger partial charge >= 0.3 is 0 Å². The van der Waals surface area contributed by atoms with E-state index in [2.05, 4.69) is 11.4 Å². The lowest BCUT2D eigenvalue weighted by Gasteiger charge is -2.31. The number of nitrogens with zero attached hydrogens (tertiary/aromatic N) is 1. The Morgan fingerprint density at radius 2 is 1.83 bits per heavy atom. The van der Waals surface area contributed by atoms with Crippen LogP contribution in [-0.4, -0.2) is 11.4 Å². The molecule has 0 saturated heterocycles. The average Bonchev–Trinajstić information content (AvgIpc) is 2.91. The SMILES string of the molecule is N#CC1(NC(=O)CCC2CCCC2)CCCCC1. The molecule has 2 aliphatic rings. The molecule has 100 valence electrons. The Hall–Kier alpha value is -1.04. The summed E-state index contributed by atoms with van der Waals surface area (Å²) in [5.41, 5.74) is -0.551. The van der Waals surface area contributed by atoms with Crippen molar-refractivity contribution in [3.63, 3.8) is 0 Å². The van der Waals surface area contributed by atoms with E-state index in [1.807, 2.05) is 0 Å². The summed E-state index contributed by atoms with van der Waals surface area (Å²) in [6.07, 6.45) is 11.8. The lowest BCUT2D eigenvalue weighted by atomic mass is 9.82. The predicted octanol–water partition coefficient (Wildman–Crippen LogP) is 3.30. The molecule has 0 spiro atoms. The van der Waals surface area contributed by atoms with E-state index in [0.717, 1.165) is 38.0 Å². The van der Waals surface area contributed by atoms with Crippen molar-refractivity contribution in [3.8, 4) is 6.07 Å². The van der Waals surface area contributed by atoms with Gasteiger partial charge in [-0.15, -0.1) is 0 Å². The second kappa shape index (κ2) is 6.22. The Morgan fingerprint density at radius 3 is 2.44 bits per heavy atom. The molecule has 2 fully saturated rings. The summed E-state index contributed by atoms with van der Waals surface area (Å²) in [6, 6.07) is 2.34. The second-order valence-electron chi connectivity index (χ2n) is 5.99. The van der Waals surface area contributed by atoms with E-state index in [1.54, 1.807) is 0 Å². The number of carbonyl (C=O) groups excluding carboxylic acids is 1. The first-order valence-electron chi connectivity index (χ1n) is 7.46. The Kier molecular flexibility index (Phi) is 4.63. The molecule has 0 aromatic carbocycles.